The quantitative estimate of drug-likeness (QED) is 0.288. The van der Waals surface area contributed by atoms with E-state index in [0.717, 1.165) is 33.5 Å². The van der Waals surface area contributed by atoms with Crippen molar-refractivity contribution < 1.29 is 29.4 Å². The van der Waals surface area contributed by atoms with Crippen LogP contribution < -0.4 is 16.0 Å². The zero-order valence-electron chi connectivity index (χ0n) is 25.0. The van der Waals surface area contributed by atoms with E-state index in [0.29, 0.717) is 38.9 Å². The van der Waals surface area contributed by atoms with Crippen LogP contribution in [0.2, 0.25) is 0 Å². The lowest BCUT2D eigenvalue weighted by molar-refractivity contribution is -0.138. The topological polar surface area (TPSA) is 165 Å². The van der Waals surface area contributed by atoms with Gasteiger partial charge in [-0.3, -0.25) is 19.2 Å². The molecule has 2 aliphatic heterocycles. The van der Waals surface area contributed by atoms with E-state index >= 15 is 0 Å². The minimum atomic E-state index is -0.934. The average molecular weight is 585 g/mol. The largest absolute Gasteiger partial charge is 0.481 e. The van der Waals surface area contributed by atoms with Gasteiger partial charge in [0.25, 0.3) is 5.91 Å². The van der Waals surface area contributed by atoms with Crippen LogP contribution in [-0.4, -0.2) is 49.6 Å². The first kappa shape index (κ1) is 31.0. The first-order chi connectivity index (χ1) is 20.4. The van der Waals surface area contributed by atoms with E-state index in [1.165, 1.54) is 6.08 Å². The Morgan fingerprint density at radius 1 is 0.907 bits per heavy atom. The van der Waals surface area contributed by atoms with Gasteiger partial charge in [0.05, 0.1) is 11.6 Å². The minimum absolute atomic E-state index is 0.0802. The molecule has 2 aliphatic rings. The molecule has 43 heavy (non-hydrogen) atoms. The fourth-order valence-electron chi connectivity index (χ4n) is 5.57. The van der Waals surface area contributed by atoms with Crippen LogP contribution in [0, 0.1) is 19.8 Å². The Kier molecular flexibility index (Phi) is 8.99. The molecule has 1 saturated heterocycles. The van der Waals surface area contributed by atoms with E-state index in [4.69, 9.17) is 0 Å². The van der Waals surface area contributed by atoms with Gasteiger partial charge in [0, 0.05) is 46.2 Å². The maximum atomic E-state index is 12.3. The molecule has 224 valence electrons. The number of amides is 2. The maximum absolute atomic E-state index is 12.3. The molecule has 0 saturated carbocycles. The summed E-state index contributed by atoms with van der Waals surface area (Å²) in [5.74, 6) is -2.59. The Bertz CT molecular complexity index is 1810. The van der Waals surface area contributed by atoms with E-state index in [2.05, 4.69) is 26.9 Å². The van der Waals surface area contributed by atoms with E-state index in [9.17, 15) is 29.4 Å². The number of nitrogens with zero attached hydrogens (tertiary/aromatic N) is 1. The molecule has 0 bridgehead atoms. The molecule has 0 aromatic carbocycles. The van der Waals surface area contributed by atoms with E-state index in [1.54, 1.807) is 13.0 Å². The molecule has 2 aromatic heterocycles. The lowest BCUT2D eigenvalue weighted by atomic mass is 10.00. The van der Waals surface area contributed by atoms with Crippen LogP contribution in [-0.2, 0) is 32.0 Å². The summed E-state index contributed by atoms with van der Waals surface area (Å²) in [6, 6.07) is 0. The van der Waals surface area contributed by atoms with E-state index in [-0.39, 0.29) is 43.4 Å². The van der Waals surface area contributed by atoms with Crippen LogP contribution in [0.5, 0.6) is 0 Å². The zero-order valence-corrected chi connectivity index (χ0v) is 25.0. The summed E-state index contributed by atoms with van der Waals surface area (Å²) >= 11 is 0. The first-order valence-electron chi connectivity index (χ1n) is 14.1. The van der Waals surface area contributed by atoms with Crippen LogP contribution >= 0.6 is 0 Å². The van der Waals surface area contributed by atoms with Gasteiger partial charge in [0.2, 0.25) is 5.91 Å². The minimum Gasteiger partial charge on any atom is -0.481 e. The highest BCUT2D eigenvalue weighted by Crippen LogP contribution is 2.29. The molecule has 10 nitrogen and oxygen atoms in total. The first-order valence-corrected chi connectivity index (χ1v) is 14.1. The Morgan fingerprint density at radius 3 is 2.14 bits per heavy atom. The molecule has 5 N–H and O–H groups in total. The van der Waals surface area contributed by atoms with E-state index in [1.807, 2.05) is 45.9 Å². The number of H-pyrrole nitrogens is 2. The molecule has 1 unspecified atom stereocenters. The molecule has 0 spiro atoms. The van der Waals surface area contributed by atoms with Crippen LogP contribution in [0.4, 0.5) is 0 Å². The molecule has 4 heterocycles. The second-order valence-corrected chi connectivity index (χ2v) is 10.7. The fourth-order valence-corrected chi connectivity index (χ4v) is 5.57. The van der Waals surface area contributed by atoms with Gasteiger partial charge < -0.3 is 25.5 Å². The molecular formula is C33H36N4O6. The summed E-state index contributed by atoms with van der Waals surface area (Å²) in [7, 11) is 0. The number of rotatable bonds is 10. The van der Waals surface area contributed by atoms with Gasteiger partial charge in [-0.2, -0.15) is 0 Å². The van der Waals surface area contributed by atoms with Crippen LogP contribution in [0.3, 0.4) is 0 Å². The van der Waals surface area contributed by atoms with Crippen molar-refractivity contribution in [2.45, 2.75) is 60.3 Å². The predicted octanol–water partition coefficient (Wildman–Crippen LogP) is 3.14. The normalized spacial score (nSPS) is 19.7. The van der Waals surface area contributed by atoms with Crippen molar-refractivity contribution in [2.75, 3.05) is 0 Å². The molecule has 4 rings (SSSR count). The Hall–Kier alpha value is -4.99. The highest BCUT2D eigenvalue weighted by Gasteiger charge is 2.29. The number of carbonyl (C=O) groups excluding carboxylic acids is 2. The number of carbonyl (C=O) groups is 4. The van der Waals surface area contributed by atoms with Crippen LogP contribution in [0.15, 0.2) is 46.1 Å². The average Bonchev–Trinajstić information content (AvgIpc) is 3.59. The lowest BCUT2D eigenvalue weighted by Gasteiger charge is -2.03. The summed E-state index contributed by atoms with van der Waals surface area (Å²) in [6.45, 7) is 13.0. The zero-order chi connectivity index (χ0) is 31.6. The predicted molar refractivity (Wildman–Crippen MR) is 165 cm³/mol. The number of hydrogen-bond donors (Lipinski definition) is 5. The van der Waals surface area contributed by atoms with Gasteiger partial charge in [-0.05, 0) is 99.1 Å². The van der Waals surface area contributed by atoms with Crippen molar-refractivity contribution in [3.8, 4) is 0 Å². The third-order valence-electron chi connectivity index (χ3n) is 8.12. The molecule has 2 aromatic rings. The second-order valence-electron chi connectivity index (χ2n) is 10.7. The summed E-state index contributed by atoms with van der Waals surface area (Å²) in [5.41, 5.74) is 7.87. The van der Waals surface area contributed by atoms with Gasteiger partial charge in [0.1, 0.15) is 0 Å². The SMILES string of the molecule is C=CC1=C(C)C(C=c2[nH]c(=Cc3[nH]c(/C=C4\NC(=O)C(C)\C4=C/C)c(C)c3CCC(=O)O)c(CCC(=O)O)c2C)=NC1=O. The number of aromatic nitrogens is 2. The third-order valence-corrected chi connectivity index (χ3v) is 8.12. The number of allylic oxidation sites excluding steroid dienone is 3. The fraction of sp³-hybridized carbons (Fsp3) is 0.303. The number of aromatic amines is 2. The van der Waals surface area contributed by atoms with Crippen molar-refractivity contribution in [2.24, 2.45) is 10.9 Å². The van der Waals surface area contributed by atoms with Crippen molar-refractivity contribution in [3.05, 3.63) is 85.5 Å². The van der Waals surface area contributed by atoms with Crippen LogP contribution in [0.25, 0.3) is 18.2 Å². The van der Waals surface area contributed by atoms with Gasteiger partial charge in [-0.15, -0.1) is 0 Å². The number of aliphatic carboxylic acids is 2. The second kappa shape index (κ2) is 12.5. The Labute approximate surface area is 249 Å². The lowest BCUT2D eigenvalue weighted by Crippen LogP contribution is -2.16. The highest BCUT2D eigenvalue weighted by molar-refractivity contribution is 6.31. The third kappa shape index (κ3) is 6.28. The Morgan fingerprint density at radius 2 is 1.56 bits per heavy atom. The smallest absolute Gasteiger partial charge is 0.303 e. The van der Waals surface area contributed by atoms with Crippen molar-refractivity contribution >= 4 is 47.7 Å². The Balaban J connectivity index is 1.91. The summed E-state index contributed by atoms with van der Waals surface area (Å²) in [6.07, 6.45) is 9.23. The molecule has 0 aliphatic carbocycles. The monoisotopic (exact) mass is 584 g/mol. The number of aliphatic imine (C=N–C) groups is 1. The standard InChI is InChI=1S/C33H36N4O6/c1-7-20-19(6)32(42)37-27(20)14-25-18(5)23(10-12-31(40)41)29(35-25)15-28-22(9-11-30(38)39)17(4)24(34-28)13-26-16(3)21(8-2)33(43)36-26/h7-8,13-15,19,34-35H,2,9-12H2,1,3-6H3,(H,37,42)(H,38,39)(H,40,41)/b20-7+,24-13?,27-14-,28-15?. The molecule has 10 heteroatoms. The summed E-state index contributed by atoms with van der Waals surface area (Å²) < 4.78 is 0. The number of carboxylic acid groups (broad SMARTS) is 2. The number of nitrogens with one attached hydrogen (secondary N) is 3. The van der Waals surface area contributed by atoms with Crippen molar-refractivity contribution in [1.29, 1.82) is 0 Å². The molecule has 1 fully saturated rings. The van der Waals surface area contributed by atoms with Crippen molar-refractivity contribution in [1.82, 2.24) is 15.3 Å². The van der Waals surface area contributed by atoms with Gasteiger partial charge in [0.15, 0.2) is 0 Å². The van der Waals surface area contributed by atoms with Crippen molar-refractivity contribution in [3.63, 3.8) is 0 Å². The molecule has 0 radical (unpaired) electrons. The highest BCUT2D eigenvalue weighted by atomic mass is 16.4. The molecule has 1 atom stereocenters. The molecule has 2 amide bonds. The molecular weight excluding hydrogens is 548 g/mol. The summed E-state index contributed by atoms with van der Waals surface area (Å²) in [5, 5.41) is 23.1. The van der Waals surface area contributed by atoms with Gasteiger partial charge in [-0.1, -0.05) is 18.7 Å². The van der Waals surface area contributed by atoms with E-state index < -0.39 is 11.9 Å². The maximum Gasteiger partial charge on any atom is 0.303 e. The van der Waals surface area contributed by atoms with Gasteiger partial charge >= 0.3 is 11.9 Å². The van der Waals surface area contributed by atoms with Crippen LogP contribution in [0.1, 0.15) is 67.3 Å². The number of hydrogen-bond acceptors (Lipinski definition) is 4. The number of carboxylic acids is 2. The van der Waals surface area contributed by atoms with Gasteiger partial charge in [-0.25, -0.2) is 4.99 Å². The summed E-state index contributed by atoms with van der Waals surface area (Å²) in [4.78, 5) is 58.6.